The van der Waals surface area contributed by atoms with E-state index in [1.807, 2.05) is 5.32 Å². The molecule has 0 bridgehead atoms. The first-order valence-corrected chi connectivity index (χ1v) is 6.42. The van der Waals surface area contributed by atoms with Crippen LogP contribution in [0.3, 0.4) is 0 Å². The number of nitrogens with two attached hydrogens (primary N) is 1. The van der Waals surface area contributed by atoms with Gasteiger partial charge in [-0.25, -0.2) is 9.59 Å². The molecule has 0 aliphatic carbocycles. The van der Waals surface area contributed by atoms with Gasteiger partial charge >= 0.3 is 12.0 Å². The second-order valence-corrected chi connectivity index (χ2v) is 4.80. The fourth-order valence-corrected chi connectivity index (χ4v) is 1.80. The summed E-state index contributed by atoms with van der Waals surface area (Å²) in [4.78, 5) is 34.3. The Morgan fingerprint density at radius 1 is 1.30 bits per heavy atom. The quantitative estimate of drug-likeness (QED) is 0.560. The van der Waals surface area contributed by atoms with Gasteiger partial charge in [-0.05, 0) is 25.1 Å². The van der Waals surface area contributed by atoms with Crippen LogP contribution in [0.4, 0.5) is 10.5 Å². The van der Waals surface area contributed by atoms with E-state index in [0.717, 1.165) is 0 Å². The van der Waals surface area contributed by atoms with E-state index in [-0.39, 0.29) is 5.56 Å². The number of halogens is 1. The molecule has 108 valence electrons. The standard InChI is InChI=1S/C12H14BrN3O4/c1-6(10(17)16-12(19)15-2)20-11(18)7-3-8(13)5-9(14)4-7/h3-6H,14H2,1-2H3,(H2,15,16,17,19). The predicted molar refractivity (Wildman–Crippen MR) is 76.0 cm³/mol. The van der Waals surface area contributed by atoms with Crippen LogP contribution in [-0.2, 0) is 9.53 Å². The number of carbonyl (C=O) groups is 3. The van der Waals surface area contributed by atoms with Crippen molar-refractivity contribution in [3.8, 4) is 0 Å². The molecule has 4 N–H and O–H groups in total. The third-order valence-electron chi connectivity index (χ3n) is 2.27. The van der Waals surface area contributed by atoms with Crippen molar-refractivity contribution in [3.05, 3.63) is 28.2 Å². The molecule has 20 heavy (non-hydrogen) atoms. The lowest BCUT2D eigenvalue weighted by Gasteiger charge is -2.13. The number of ether oxygens (including phenoxy) is 1. The van der Waals surface area contributed by atoms with Gasteiger partial charge in [-0.15, -0.1) is 0 Å². The number of imide groups is 1. The van der Waals surface area contributed by atoms with Crippen molar-refractivity contribution in [2.45, 2.75) is 13.0 Å². The van der Waals surface area contributed by atoms with Crippen molar-refractivity contribution < 1.29 is 19.1 Å². The molecule has 1 aromatic carbocycles. The lowest BCUT2D eigenvalue weighted by atomic mass is 10.2. The average molecular weight is 344 g/mol. The van der Waals surface area contributed by atoms with Gasteiger partial charge in [-0.2, -0.15) is 0 Å². The van der Waals surface area contributed by atoms with E-state index < -0.39 is 24.0 Å². The highest BCUT2D eigenvalue weighted by atomic mass is 79.9. The number of carbonyl (C=O) groups excluding carboxylic acids is 3. The van der Waals surface area contributed by atoms with E-state index in [0.29, 0.717) is 10.2 Å². The zero-order chi connectivity index (χ0) is 15.3. The molecule has 0 radical (unpaired) electrons. The monoisotopic (exact) mass is 343 g/mol. The topological polar surface area (TPSA) is 111 Å². The first-order valence-electron chi connectivity index (χ1n) is 5.63. The fourth-order valence-electron chi connectivity index (χ4n) is 1.29. The smallest absolute Gasteiger partial charge is 0.339 e. The number of hydrogen-bond acceptors (Lipinski definition) is 5. The van der Waals surface area contributed by atoms with Crippen LogP contribution in [0.1, 0.15) is 17.3 Å². The Bertz CT molecular complexity index is 527. The Labute approximate surface area is 124 Å². The van der Waals surface area contributed by atoms with Crippen molar-refractivity contribution >= 4 is 39.5 Å². The third-order valence-corrected chi connectivity index (χ3v) is 2.73. The minimum atomic E-state index is -1.11. The summed E-state index contributed by atoms with van der Waals surface area (Å²) in [5.41, 5.74) is 6.19. The summed E-state index contributed by atoms with van der Waals surface area (Å²) in [5, 5.41) is 4.23. The Morgan fingerprint density at radius 3 is 2.50 bits per heavy atom. The number of benzene rings is 1. The summed E-state index contributed by atoms with van der Waals surface area (Å²) in [5.74, 6) is -1.43. The van der Waals surface area contributed by atoms with E-state index in [1.165, 1.54) is 26.1 Å². The summed E-state index contributed by atoms with van der Waals surface area (Å²) in [6, 6.07) is 3.89. The average Bonchev–Trinajstić information content (AvgIpc) is 2.37. The summed E-state index contributed by atoms with van der Waals surface area (Å²) in [6.07, 6.45) is -1.11. The molecule has 3 amide bonds. The van der Waals surface area contributed by atoms with Crippen molar-refractivity contribution in [2.24, 2.45) is 0 Å². The summed E-state index contributed by atoms with van der Waals surface area (Å²) < 4.78 is 5.56. The maximum Gasteiger partial charge on any atom is 0.339 e. The highest BCUT2D eigenvalue weighted by Gasteiger charge is 2.20. The molecule has 1 atom stereocenters. The number of rotatable bonds is 3. The number of nitrogen functional groups attached to an aromatic ring is 1. The predicted octanol–water partition coefficient (Wildman–Crippen LogP) is 1.03. The Balaban J connectivity index is 2.70. The summed E-state index contributed by atoms with van der Waals surface area (Å²) in [6.45, 7) is 1.36. The molecule has 0 heterocycles. The largest absolute Gasteiger partial charge is 0.449 e. The van der Waals surface area contributed by atoms with Crippen LogP contribution in [0.25, 0.3) is 0 Å². The van der Waals surface area contributed by atoms with E-state index in [9.17, 15) is 14.4 Å². The first-order chi connectivity index (χ1) is 9.33. The molecule has 7 nitrogen and oxygen atoms in total. The van der Waals surface area contributed by atoms with Gasteiger partial charge in [0, 0.05) is 17.2 Å². The lowest BCUT2D eigenvalue weighted by Crippen LogP contribution is -2.43. The van der Waals surface area contributed by atoms with Crippen LogP contribution < -0.4 is 16.4 Å². The minimum absolute atomic E-state index is 0.205. The normalized spacial score (nSPS) is 11.3. The van der Waals surface area contributed by atoms with E-state index in [4.69, 9.17) is 10.5 Å². The highest BCUT2D eigenvalue weighted by molar-refractivity contribution is 9.10. The van der Waals surface area contributed by atoms with Crippen LogP contribution in [0.15, 0.2) is 22.7 Å². The summed E-state index contributed by atoms with van der Waals surface area (Å²) >= 11 is 3.20. The van der Waals surface area contributed by atoms with Crippen LogP contribution in [0, 0.1) is 0 Å². The molecular formula is C12H14BrN3O4. The molecule has 0 fully saturated rings. The summed E-state index contributed by atoms with van der Waals surface area (Å²) in [7, 11) is 1.36. The van der Waals surface area contributed by atoms with Crippen molar-refractivity contribution in [1.29, 1.82) is 0 Å². The molecule has 1 unspecified atom stereocenters. The van der Waals surface area contributed by atoms with Gasteiger partial charge in [-0.1, -0.05) is 15.9 Å². The minimum Gasteiger partial charge on any atom is -0.449 e. The number of urea groups is 1. The zero-order valence-corrected chi connectivity index (χ0v) is 12.5. The van der Waals surface area contributed by atoms with Gasteiger partial charge in [0.05, 0.1) is 5.56 Å². The third kappa shape index (κ3) is 4.54. The molecule has 0 aliphatic rings. The molecule has 0 spiro atoms. The number of nitrogens with one attached hydrogen (secondary N) is 2. The molecule has 1 rings (SSSR count). The molecule has 1 aromatic rings. The van der Waals surface area contributed by atoms with Crippen molar-refractivity contribution in [3.63, 3.8) is 0 Å². The molecule has 0 aromatic heterocycles. The number of esters is 1. The van der Waals surface area contributed by atoms with Gasteiger partial charge in [-0.3, -0.25) is 10.1 Å². The molecule has 0 aliphatic heterocycles. The number of hydrogen-bond donors (Lipinski definition) is 3. The van der Waals surface area contributed by atoms with Gasteiger partial charge < -0.3 is 15.8 Å². The van der Waals surface area contributed by atoms with Crippen LogP contribution >= 0.6 is 15.9 Å². The Hall–Kier alpha value is -2.09. The van der Waals surface area contributed by atoms with E-state index >= 15 is 0 Å². The first kappa shape index (κ1) is 16.0. The lowest BCUT2D eigenvalue weighted by molar-refractivity contribution is -0.127. The zero-order valence-electron chi connectivity index (χ0n) is 10.9. The molecule has 8 heteroatoms. The second kappa shape index (κ2) is 6.90. The SMILES string of the molecule is CNC(=O)NC(=O)C(C)OC(=O)c1cc(N)cc(Br)c1. The van der Waals surface area contributed by atoms with E-state index in [1.54, 1.807) is 6.07 Å². The molecule has 0 saturated heterocycles. The van der Waals surface area contributed by atoms with Gasteiger partial charge in [0.25, 0.3) is 5.91 Å². The van der Waals surface area contributed by atoms with Crippen LogP contribution in [-0.4, -0.2) is 31.1 Å². The van der Waals surface area contributed by atoms with E-state index in [2.05, 4.69) is 21.2 Å². The molecular weight excluding hydrogens is 330 g/mol. The van der Waals surface area contributed by atoms with Crippen LogP contribution in [0.5, 0.6) is 0 Å². The number of anilines is 1. The molecule has 0 saturated carbocycles. The maximum atomic E-state index is 11.8. The highest BCUT2D eigenvalue weighted by Crippen LogP contribution is 2.18. The van der Waals surface area contributed by atoms with Gasteiger partial charge in [0.2, 0.25) is 0 Å². The fraction of sp³-hybridized carbons (Fsp3) is 0.250. The van der Waals surface area contributed by atoms with Gasteiger partial charge in [0.1, 0.15) is 0 Å². The maximum absolute atomic E-state index is 11.8. The number of amides is 3. The second-order valence-electron chi connectivity index (χ2n) is 3.89. The van der Waals surface area contributed by atoms with Crippen molar-refractivity contribution in [2.75, 3.05) is 12.8 Å². The Morgan fingerprint density at radius 2 is 1.95 bits per heavy atom. The van der Waals surface area contributed by atoms with Gasteiger partial charge in [0.15, 0.2) is 6.10 Å². The Kier molecular flexibility index (Phi) is 5.51. The van der Waals surface area contributed by atoms with Crippen LogP contribution in [0.2, 0.25) is 0 Å². The van der Waals surface area contributed by atoms with Crippen molar-refractivity contribution in [1.82, 2.24) is 10.6 Å².